The maximum Gasteiger partial charge on any atom is 0.252 e. The second-order valence-electron chi connectivity index (χ2n) is 4.81. The lowest BCUT2D eigenvalue weighted by Crippen LogP contribution is -2.28. The topological polar surface area (TPSA) is 29.1 Å². The number of thiophene rings is 1. The molecule has 2 rings (SSSR count). The van der Waals surface area contributed by atoms with E-state index in [2.05, 4.69) is 34.2 Å². The average molecular weight is 352 g/mol. The number of carbonyl (C=O) groups is 1. The van der Waals surface area contributed by atoms with Gasteiger partial charge < -0.3 is 5.32 Å². The average Bonchev–Trinajstić information content (AvgIpc) is 2.91. The molecule has 0 fully saturated rings. The Kier molecular flexibility index (Phi) is 5.38. The molecule has 0 saturated heterocycles. The van der Waals surface area contributed by atoms with Crippen molar-refractivity contribution in [2.75, 3.05) is 0 Å². The van der Waals surface area contributed by atoms with Crippen LogP contribution in [0.2, 0.25) is 0 Å². The minimum atomic E-state index is -0.0243. The lowest BCUT2D eigenvalue weighted by Gasteiger charge is -2.17. The Morgan fingerprint density at radius 3 is 2.80 bits per heavy atom. The van der Waals surface area contributed by atoms with Crippen LogP contribution in [0.3, 0.4) is 0 Å². The Balaban J connectivity index is 2.16. The number of amides is 1. The molecule has 106 valence electrons. The first-order chi connectivity index (χ1) is 9.61. The van der Waals surface area contributed by atoms with Crippen molar-refractivity contribution in [3.8, 4) is 0 Å². The Morgan fingerprint density at radius 2 is 2.20 bits per heavy atom. The molecule has 0 radical (unpaired) electrons. The van der Waals surface area contributed by atoms with Gasteiger partial charge in [0, 0.05) is 9.35 Å². The van der Waals surface area contributed by atoms with Gasteiger partial charge in [0.05, 0.1) is 11.6 Å². The lowest BCUT2D eigenvalue weighted by atomic mass is 10.1. The Morgan fingerprint density at radius 1 is 1.40 bits per heavy atom. The van der Waals surface area contributed by atoms with Crippen LogP contribution in [0.25, 0.3) is 0 Å². The van der Waals surface area contributed by atoms with Crippen molar-refractivity contribution in [3.05, 3.63) is 56.2 Å². The number of hydrogen-bond donors (Lipinski definition) is 1. The summed E-state index contributed by atoms with van der Waals surface area (Å²) in [6.07, 6.45) is 1.99. The monoisotopic (exact) mass is 351 g/mol. The number of aryl methyl sites for hydroxylation is 1. The van der Waals surface area contributed by atoms with Crippen molar-refractivity contribution in [2.45, 2.75) is 32.7 Å². The third-order valence-corrected chi connectivity index (χ3v) is 4.78. The largest absolute Gasteiger partial charge is 0.344 e. The summed E-state index contributed by atoms with van der Waals surface area (Å²) in [6.45, 7) is 4.15. The van der Waals surface area contributed by atoms with E-state index in [4.69, 9.17) is 0 Å². The minimum absolute atomic E-state index is 0.0243. The van der Waals surface area contributed by atoms with Gasteiger partial charge >= 0.3 is 0 Å². The quantitative estimate of drug-likeness (QED) is 0.798. The number of halogens is 1. The molecule has 1 atom stereocenters. The predicted octanol–water partition coefficient (Wildman–Crippen LogP) is 5.09. The van der Waals surface area contributed by atoms with Gasteiger partial charge in [0.1, 0.15) is 0 Å². The smallest absolute Gasteiger partial charge is 0.252 e. The van der Waals surface area contributed by atoms with E-state index in [1.165, 1.54) is 4.88 Å². The molecule has 1 unspecified atom stereocenters. The maximum atomic E-state index is 12.4. The van der Waals surface area contributed by atoms with Crippen molar-refractivity contribution < 1.29 is 4.79 Å². The summed E-state index contributed by atoms with van der Waals surface area (Å²) in [4.78, 5) is 13.6. The highest BCUT2D eigenvalue weighted by Crippen LogP contribution is 2.25. The summed E-state index contributed by atoms with van der Waals surface area (Å²) in [5, 5.41) is 5.19. The minimum Gasteiger partial charge on any atom is -0.344 e. The number of benzene rings is 1. The SMILES string of the molecule is CCCC(NC(=O)c1ccc(C)cc1Br)c1cccs1. The first-order valence-electron chi connectivity index (χ1n) is 6.72. The highest BCUT2D eigenvalue weighted by molar-refractivity contribution is 9.10. The van der Waals surface area contributed by atoms with Crippen LogP contribution in [-0.4, -0.2) is 5.91 Å². The molecule has 0 aliphatic carbocycles. The van der Waals surface area contributed by atoms with Gasteiger partial charge in [-0.1, -0.05) is 25.5 Å². The molecule has 0 aliphatic heterocycles. The van der Waals surface area contributed by atoms with Crippen LogP contribution in [0.15, 0.2) is 40.2 Å². The predicted molar refractivity (Wildman–Crippen MR) is 88.3 cm³/mol. The Labute approximate surface area is 132 Å². The summed E-state index contributed by atoms with van der Waals surface area (Å²) in [6, 6.07) is 9.99. The molecule has 0 bridgehead atoms. The standard InChI is InChI=1S/C16H18BrNOS/c1-3-5-14(15-6-4-9-20-15)18-16(19)12-8-7-11(2)10-13(12)17/h4,6-10,14H,3,5H2,1-2H3,(H,18,19). The number of nitrogens with one attached hydrogen (secondary N) is 1. The van der Waals surface area contributed by atoms with E-state index >= 15 is 0 Å². The number of carbonyl (C=O) groups excluding carboxylic acids is 1. The molecule has 2 aromatic rings. The molecule has 1 aromatic carbocycles. The van der Waals surface area contributed by atoms with Gasteiger partial charge in [-0.05, 0) is 58.4 Å². The van der Waals surface area contributed by atoms with Crippen molar-refractivity contribution >= 4 is 33.2 Å². The van der Waals surface area contributed by atoms with Crippen LogP contribution < -0.4 is 5.32 Å². The molecule has 20 heavy (non-hydrogen) atoms. The third kappa shape index (κ3) is 3.70. The molecule has 0 aliphatic rings. The molecular weight excluding hydrogens is 334 g/mol. The first kappa shape index (κ1) is 15.3. The van der Waals surface area contributed by atoms with Crippen LogP contribution in [0, 0.1) is 6.92 Å². The van der Waals surface area contributed by atoms with E-state index in [-0.39, 0.29) is 11.9 Å². The summed E-state index contributed by atoms with van der Waals surface area (Å²) >= 11 is 5.16. The van der Waals surface area contributed by atoms with Gasteiger partial charge in [0.25, 0.3) is 5.91 Å². The summed E-state index contributed by atoms with van der Waals surface area (Å²) in [7, 11) is 0. The zero-order valence-electron chi connectivity index (χ0n) is 11.7. The van der Waals surface area contributed by atoms with Crippen molar-refractivity contribution in [1.82, 2.24) is 5.32 Å². The molecule has 1 N–H and O–H groups in total. The van der Waals surface area contributed by atoms with E-state index in [0.717, 1.165) is 22.9 Å². The van der Waals surface area contributed by atoms with Crippen molar-refractivity contribution in [2.24, 2.45) is 0 Å². The van der Waals surface area contributed by atoms with Crippen molar-refractivity contribution in [3.63, 3.8) is 0 Å². The van der Waals surface area contributed by atoms with Crippen LogP contribution in [0.1, 0.15) is 46.6 Å². The number of rotatable bonds is 5. The van der Waals surface area contributed by atoms with E-state index < -0.39 is 0 Å². The van der Waals surface area contributed by atoms with E-state index in [0.29, 0.717) is 5.56 Å². The fourth-order valence-electron chi connectivity index (χ4n) is 2.10. The Bertz CT molecular complexity index is 580. The molecule has 1 aromatic heterocycles. The van der Waals surface area contributed by atoms with Gasteiger partial charge in [0.2, 0.25) is 0 Å². The zero-order valence-corrected chi connectivity index (χ0v) is 14.1. The fraction of sp³-hybridized carbons (Fsp3) is 0.312. The van der Waals surface area contributed by atoms with Gasteiger partial charge in [-0.3, -0.25) is 4.79 Å². The Hall–Kier alpha value is -1.13. The lowest BCUT2D eigenvalue weighted by molar-refractivity contribution is 0.0934. The molecule has 4 heteroatoms. The summed E-state index contributed by atoms with van der Waals surface area (Å²) in [5.41, 5.74) is 1.82. The molecule has 0 spiro atoms. The first-order valence-corrected chi connectivity index (χ1v) is 8.39. The van der Waals surface area contributed by atoms with E-state index in [1.807, 2.05) is 36.6 Å². The zero-order chi connectivity index (χ0) is 14.5. The van der Waals surface area contributed by atoms with Crippen LogP contribution in [-0.2, 0) is 0 Å². The summed E-state index contributed by atoms with van der Waals surface area (Å²) < 4.78 is 0.844. The fourth-order valence-corrected chi connectivity index (χ4v) is 3.59. The van der Waals surface area contributed by atoms with Gasteiger partial charge in [-0.25, -0.2) is 0 Å². The third-order valence-electron chi connectivity index (χ3n) is 3.14. The molecule has 1 amide bonds. The normalized spacial score (nSPS) is 12.2. The highest BCUT2D eigenvalue weighted by Gasteiger charge is 2.17. The molecular formula is C16H18BrNOS. The van der Waals surface area contributed by atoms with Gasteiger partial charge in [-0.2, -0.15) is 0 Å². The second-order valence-corrected chi connectivity index (χ2v) is 6.65. The summed E-state index contributed by atoms with van der Waals surface area (Å²) in [5.74, 6) is -0.0243. The van der Waals surface area contributed by atoms with Gasteiger partial charge in [-0.15, -0.1) is 11.3 Å². The van der Waals surface area contributed by atoms with Crippen LogP contribution >= 0.6 is 27.3 Å². The molecule has 1 heterocycles. The van der Waals surface area contributed by atoms with Crippen LogP contribution in [0.5, 0.6) is 0 Å². The maximum absolute atomic E-state index is 12.4. The van der Waals surface area contributed by atoms with Gasteiger partial charge in [0.15, 0.2) is 0 Å². The second kappa shape index (κ2) is 7.04. The number of hydrogen-bond acceptors (Lipinski definition) is 2. The van der Waals surface area contributed by atoms with E-state index in [1.54, 1.807) is 11.3 Å². The van der Waals surface area contributed by atoms with E-state index in [9.17, 15) is 4.79 Å². The molecule has 0 saturated carbocycles. The van der Waals surface area contributed by atoms with Crippen molar-refractivity contribution in [1.29, 1.82) is 0 Å². The molecule has 2 nitrogen and oxygen atoms in total. The van der Waals surface area contributed by atoms with Crippen LogP contribution in [0.4, 0.5) is 0 Å². The highest BCUT2D eigenvalue weighted by atomic mass is 79.9.